The van der Waals surface area contributed by atoms with Gasteiger partial charge in [0, 0.05) is 25.4 Å². The lowest BCUT2D eigenvalue weighted by Gasteiger charge is -2.29. The Morgan fingerprint density at radius 3 is 2.65 bits per heavy atom. The number of rotatable bonds is 6. The highest BCUT2D eigenvalue weighted by atomic mass is 16.2. The number of likely N-dealkylation sites (tertiary alicyclic amines) is 1. The fraction of sp³-hybridized carbons (Fsp3) is 0.786. The van der Waals surface area contributed by atoms with E-state index >= 15 is 0 Å². The summed E-state index contributed by atoms with van der Waals surface area (Å²) in [5.41, 5.74) is 5.67. The van der Waals surface area contributed by atoms with Gasteiger partial charge in [0.2, 0.25) is 11.8 Å². The van der Waals surface area contributed by atoms with Crippen molar-refractivity contribution >= 4 is 17.7 Å². The van der Waals surface area contributed by atoms with Crippen molar-refractivity contribution in [3.63, 3.8) is 0 Å². The maximum Gasteiger partial charge on any atom is 0.251 e. The van der Waals surface area contributed by atoms with Gasteiger partial charge < -0.3 is 11.1 Å². The number of piperidine rings is 1. The number of hydrogen-bond acceptors (Lipinski definition) is 4. The standard InChI is InChI=1S/C14H25N3O3/c1-9(5-4-6-10(2)15)13(19)16-11-7-8-12(18)17(3)14(11)20/h9-11H,4-8,15H2,1-3H3,(H,16,19). The lowest BCUT2D eigenvalue weighted by atomic mass is 9.99. The van der Waals surface area contributed by atoms with Crippen LogP contribution in [0.2, 0.25) is 0 Å². The minimum atomic E-state index is -0.568. The Bertz CT molecular complexity index is 382. The van der Waals surface area contributed by atoms with Crippen LogP contribution in [0.15, 0.2) is 0 Å². The van der Waals surface area contributed by atoms with E-state index in [0.717, 1.165) is 24.2 Å². The third kappa shape index (κ3) is 4.59. The molecule has 20 heavy (non-hydrogen) atoms. The van der Waals surface area contributed by atoms with Crippen molar-refractivity contribution in [1.82, 2.24) is 10.2 Å². The Labute approximate surface area is 120 Å². The third-order valence-electron chi connectivity index (χ3n) is 3.71. The number of amides is 3. The van der Waals surface area contributed by atoms with Crippen molar-refractivity contribution in [3.8, 4) is 0 Å². The minimum Gasteiger partial charge on any atom is -0.344 e. The van der Waals surface area contributed by atoms with E-state index in [-0.39, 0.29) is 29.7 Å². The smallest absolute Gasteiger partial charge is 0.251 e. The molecule has 114 valence electrons. The molecule has 1 aliphatic heterocycles. The first-order valence-corrected chi connectivity index (χ1v) is 7.19. The number of carbonyl (C=O) groups excluding carboxylic acids is 3. The molecule has 0 radical (unpaired) electrons. The largest absolute Gasteiger partial charge is 0.344 e. The fourth-order valence-corrected chi connectivity index (χ4v) is 2.24. The van der Waals surface area contributed by atoms with Crippen LogP contribution < -0.4 is 11.1 Å². The molecule has 1 rings (SSSR count). The second-order valence-electron chi connectivity index (χ2n) is 5.70. The van der Waals surface area contributed by atoms with Gasteiger partial charge in [0.05, 0.1) is 0 Å². The SMILES string of the molecule is CC(N)CCCC(C)C(=O)NC1CCC(=O)N(C)C1=O. The molecule has 0 saturated carbocycles. The zero-order valence-corrected chi connectivity index (χ0v) is 12.5. The summed E-state index contributed by atoms with van der Waals surface area (Å²) >= 11 is 0. The van der Waals surface area contributed by atoms with Crippen molar-refractivity contribution in [2.24, 2.45) is 11.7 Å². The van der Waals surface area contributed by atoms with Crippen LogP contribution in [0.25, 0.3) is 0 Å². The van der Waals surface area contributed by atoms with E-state index in [1.807, 2.05) is 13.8 Å². The molecule has 0 bridgehead atoms. The Hall–Kier alpha value is -1.43. The van der Waals surface area contributed by atoms with Gasteiger partial charge in [-0.15, -0.1) is 0 Å². The molecule has 1 aliphatic rings. The monoisotopic (exact) mass is 283 g/mol. The van der Waals surface area contributed by atoms with Crippen LogP contribution in [-0.2, 0) is 14.4 Å². The summed E-state index contributed by atoms with van der Waals surface area (Å²) in [5, 5.41) is 2.74. The summed E-state index contributed by atoms with van der Waals surface area (Å²) in [5.74, 6) is -0.789. The van der Waals surface area contributed by atoms with Crippen LogP contribution in [0.3, 0.4) is 0 Å². The third-order valence-corrected chi connectivity index (χ3v) is 3.71. The molecular weight excluding hydrogens is 258 g/mol. The summed E-state index contributed by atoms with van der Waals surface area (Å²) in [6.07, 6.45) is 3.22. The summed E-state index contributed by atoms with van der Waals surface area (Å²) < 4.78 is 0. The van der Waals surface area contributed by atoms with Gasteiger partial charge in [0.15, 0.2) is 0 Å². The number of nitrogens with one attached hydrogen (secondary N) is 1. The number of likely N-dealkylation sites (N-methyl/N-ethyl adjacent to an activating group) is 1. The molecule has 0 spiro atoms. The van der Waals surface area contributed by atoms with Gasteiger partial charge in [-0.25, -0.2) is 0 Å². The van der Waals surface area contributed by atoms with Gasteiger partial charge in [0.25, 0.3) is 5.91 Å². The van der Waals surface area contributed by atoms with Crippen LogP contribution in [0, 0.1) is 5.92 Å². The fourth-order valence-electron chi connectivity index (χ4n) is 2.24. The maximum atomic E-state index is 12.0. The van der Waals surface area contributed by atoms with Gasteiger partial charge in [-0.2, -0.15) is 0 Å². The molecule has 3 unspecified atom stereocenters. The minimum absolute atomic E-state index is 0.129. The Balaban J connectivity index is 2.41. The van der Waals surface area contributed by atoms with E-state index in [1.54, 1.807) is 0 Å². The van der Waals surface area contributed by atoms with E-state index in [4.69, 9.17) is 5.73 Å². The molecule has 0 aliphatic carbocycles. The van der Waals surface area contributed by atoms with Crippen LogP contribution in [0.1, 0.15) is 46.0 Å². The zero-order chi connectivity index (χ0) is 15.3. The van der Waals surface area contributed by atoms with Crippen molar-refractivity contribution in [3.05, 3.63) is 0 Å². The van der Waals surface area contributed by atoms with Crippen molar-refractivity contribution in [1.29, 1.82) is 0 Å². The number of imide groups is 1. The highest BCUT2D eigenvalue weighted by Crippen LogP contribution is 2.14. The molecule has 6 nitrogen and oxygen atoms in total. The van der Waals surface area contributed by atoms with Gasteiger partial charge >= 0.3 is 0 Å². The Morgan fingerprint density at radius 2 is 2.05 bits per heavy atom. The first-order valence-electron chi connectivity index (χ1n) is 7.19. The zero-order valence-electron chi connectivity index (χ0n) is 12.5. The second kappa shape index (κ2) is 7.38. The molecule has 1 fully saturated rings. The lowest BCUT2D eigenvalue weighted by Crippen LogP contribution is -2.53. The predicted molar refractivity (Wildman–Crippen MR) is 75.6 cm³/mol. The topological polar surface area (TPSA) is 92.5 Å². The van der Waals surface area contributed by atoms with Crippen molar-refractivity contribution in [2.75, 3.05) is 7.05 Å². The second-order valence-corrected chi connectivity index (χ2v) is 5.70. The first-order chi connectivity index (χ1) is 9.32. The summed E-state index contributed by atoms with van der Waals surface area (Å²) in [6.45, 7) is 3.79. The van der Waals surface area contributed by atoms with Gasteiger partial charge in [-0.1, -0.05) is 13.3 Å². The van der Waals surface area contributed by atoms with Crippen LogP contribution in [0.5, 0.6) is 0 Å². The Morgan fingerprint density at radius 1 is 1.40 bits per heavy atom. The molecular formula is C14H25N3O3. The number of nitrogens with zero attached hydrogens (tertiary/aromatic N) is 1. The maximum absolute atomic E-state index is 12.0. The molecule has 1 saturated heterocycles. The summed E-state index contributed by atoms with van der Waals surface area (Å²) in [6, 6.07) is -0.425. The van der Waals surface area contributed by atoms with E-state index in [1.165, 1.54) is 7.05 Å². The molecule has 3 N–H and O–H groups in total. The van der Waals surface area contributed by atoms with E-state index in [2.05, 4.69) is 5.32 Å². The molecule has 3 amide bonds. The Kier molecular flexibility index (Phi) is 6.13. The molecule has 0 aromatic carbocycles. The van der Waals surface area contributed by atoms with Gasteiger partial charge in [-0.3, -0.25) is 19.3 Å². The average molecular weight is 283 g/mol. The van der Waals surface area contributed by atoms with Gasteiger partial charge in [-0.05, 0) is 26.2 Å². The molecule has 1 heterocycles. The van der Waals surface area contributed by atoms with Crippen LogP contribution >= 0.6 is 0 Å². The number of carbonyl (C=O) groups is 3. The van der Waals surface area contributed by atoms with E-state index in [9.17, 15) is 14.4 Å². The molecule has 3 atom stereocenters. The highest BCUT2D eigenvalue weighted by Gasteiger charge is 2.33. The lowest BCUT2D eigenvalue weighted by molar-refractivity contribution is -0.149. The first kappa shape index (κ1) is 16.6. The highest BCUT2D eigenvalue weighted by molar-refractivity contribution is 6.01. The average Bonchev–Trinajstić information content (AvgIpc) is 2.38. The van der Waals surface area contributed by atoms with E-state index in [0.29, 0.717) is 12.8 Å². The normalized spacial score (nSPS) is 22.6. The predicted octanol–water partition coefficient (Wildman–Crippen LogP) is 0.404. The number of hydrogen-bond donors (Lipinski definition) is 2. The van der Waals surface area contributed by atoms with Crippen molar-refractivity contribution in [2.45, 2.75) is 58.0 Å². The molecule has 6 heteroatoms. The summed E-state index contributed by atoms with van der Waals surface area (Å²) in [7, 11) is 1.45. The molecule has 0 aromatic rings. The van der Waals surface area contributed by atoms with E-state index < -0.39 is 6.04 Å². The van der Waals surface area contributed by atoms with Gasteiger partial charge in [0.1, 0.15) is 6.04 Å². The van der Waals surface area contributed by atoms with Crippen LogP contribution in [0.4, 0.5) is 0 Å². The number of nitrogens with two attached hydrogens (primary N) is 1. The summed E-state index contributed by atoms with van der Waals surface area (Å²) in [4.78, 5) is 36.3. The molecule has 0 aromatic heterocycles. The van der Waals surface area contributed by atoms with Crippen LogP contribution in [-0.4, -0.2) is 41.8 Å². The quantitative estimate of drug-likeness (QED) is 0.690. The van der Waals surface area contributed by atoms with Crippen molar-refractivity contribution < 1.29 is 14.4 Å².